The van der Waals surface area contributed by atoms with E-state index in [0.29, 0.717) is 5.56 Å². The normalized spacial score (nSPS) is 9.33. The van der Waals surface area contributed by atoms with Gasteiger partial charge in [-0.15, -0.1) is 5.75 Å². The summed E-state index contributed by atoms with van der Waals surface area (Å²) < 4.78 is 0. The Morgan fingerprint density at radius 3 is 2.25 bits per heavy atom. The van der Waals surface area contributed by atoms with Gasteiger partial charge in [0.1, 0.15) is 0 Å². The molecule has 0 radical (unpaired) electrons. The number of carbonyl (C=O) groups is 1. The number of rotatable bonds is 2. The molecule has 0 spiro atoms. The van der Waals surface area contributed by atoms with Gasteiger partial charge in [0.25, 0.3) is 0 Å². The predicted octanol–water partition coefficient (Wildman–Crippen LogP) is 0.858. The molecule has 0 aliphatic carbocycles. The summed E-state index contributed by atoms with van der Waals surface area (Å²) in [5.74, 6) is -1.22. The third kappa shape index (κ3) is 1.63. The molecule has 0 bridgehead atoms. The van der Waals surface area contributed by atoms with Crippen LogP contribution >= 0.6 is 0 Å². The molecule has 0 unspecified atom stereocenters. The Bertz CT molecular complexity index is 311. The lowest BCUT2D eigenvalue weighted by atomic mass is 10.1. The van der Waals surface area contributed by atoms with E-state index in [4.69, 9.17) is 5.11 Å². The fraction of sp³-hybridized carbons (Fsp3) is 0. The maximum Gasteiger partial charge on any atom is 0.335 e. The average molecular weight is 163 g/mol. The minimum Gasteiger partial charge on any atom is -0.872 e. The smallest absolute Gasteiger partial charge is 0.335 e. The molecule has 1 N–H and O–H groups in total. The zero-order chi connectivity index (χ0) is 9.14. The number of benzene rings is 1. The van der Waals surface area contributed by atoms with Gasteiger partial charge in [-0.1, -0.05) is 30.8 Å². The van der Waals surface area contributed by atoms with Crippen molar-refractivity contribution < 1.29 is 15.0 Å². The van der Waals surface area contributed by atoms with Crippen molar-refractivity contribution in [2.45, 2.75) is 0 Å². The van der Waals surface area contributed by atoms with E-state index in [-0.39, 0.29) is 11.3 Å². The molecule has 0 aliphatic rings. The van der Waals surface area contributed by atoms with Crippen molar-refractivity contribution in [2.24, 2.45) is 0 Å². The first-order valence-electron chi connectivity index (χ1n) is 3.31. The Balaban J connectivity index is 2.98. The number of hydrogen-bond acceptors (Lipinski definition) is 2. The van der Waals surface area contributed by atoms with E-state index in [9.17, 15) is 9.90 Å². The molecular weight excluding hydrogens is 156 g/mol. The van der Waals surface area contributed by atoms with Gasteiger partial charge >= 0.3 is 5.97 Å². The molecule has 0 amide bonds. The van der Waals surface area contributed by atoms with Crippen molar-refractivity contribution >= 4 is 11.5 Å². The van der Waals surface area contributed by atoms with Crippen LogP contribution in [0.15, 0.2) is 30.8 Å². The first-order chi connectivity index (χ1) is 5.61. The molecule has 0 saturated heterocycles. The van der Waals surface area contributed by atoms with E-state index in [0.717, 1.165) is 0 Å². The molecule has 0 heterocycles. The Labute approximate surface area is 69.6 Å². The highest BCUT2D eigenvalue weighted by atomic mass is 16.4. The zero-order valence-electron chi connectivity index (χ0n) is 6.28. The van der Waals surface area contributed by atoms with Gasteiger partial charge in [0.2, 0.25) is 0 Å². The van der Waals surface area contributed by atoms with Gasteiger partial charge in [-0.2, -0.15) is 0 Å². The molecule has 0 fully saturated rings. The van der Waals surface area contributed by atoms with Crippen LogP contribution in [0.2, 0.25) is 0 Å². The van der Waals surface area contributed by atoms with Crippen molar-refractivity contribution in [2.75, 3.05) is 0 Å². The van der Waals surface area contributed by atoms with E-state index in [1.54, 1.807) is 0 Å². The summed E-state index contributed by atoms with van der Waals surface area (Å²) in [5.41, 5.74) is 0.456. The van der Waals surface area contributed by atoms with Gasteiger partial charge < -0.3 is 10.2 Å². The first-order valence-corrected chi connectivity index (χ1v) is 3.31. The quantitative estimate of drug-likeness (QED) is 0.657. The fourth-order valence-corrected chi connectivity index (χ4v) is 0.780. The van der Waals surface area contributed by atoms with E-state index in [1.807, 2.05) is 0 Å². The second kappa shape index (κ2) is 3.09. The second-order valence-electron chi connectivity index (χ2n) is 2.31. The molecule has 62 valence electrons. The maximum absolute atomic E-state index is 10.6. The molecular formula is C9H7O3-. The second-order valence-corrected chi connectivity index (χ2v) is 2.31. The molecule has 1 rings (SSSR count). The van der Waals surface area contributed by atoms with E-state index >= 15 is 0 Å². The molecule has 12 heavy (non-hydrogen) atoms. The average Bonchev–Trinajstić information content (AvgIpc) is 2.04. The lowest BCUT2D eigenvalue weighted by Crippen LogP contribution is -1.98. The third-order valence-corrected chi connectivity index (χ3v) is 1.46. The molecule has 1 aromatic rings. The van der Waals surface area contributed by atoms with Crippen molar-refractivity contribution in [1.82, 2.24) is 0 Å². The summed E-state index contributed by atoms with van der Waals surface area (Å²) in [5, 5.41) is 19.2. The molecule has 0 atom stereocenters. The van der Waals surface area contributed by atoms with Crippen LogP contribution in [-0.2, 0) is 4.79 Å². The largest absolute Gasteiger partial charge is 0.872 e. The van der Waals surface area contributed by atoms with Gasteiger partial charge in [-0.3, -0.25) is 0 Å². The van der Waals surface area contributed by atoms with Crippen molar-refractivity contribution in [1.29, 1.82) is 0 Å². The van der Waals surface area contributed by atoms with Gasteiger partial charge in [-0.05, 0) is 5.56 Å². The molecule has 3 nitrogen and oxygen atoms in total. The van der Waals surface area contributed by atoms with Gasteiger partial charge in [0.05, 0.1) is 5.57 Å². The number of carboxylic acids is 1. The lowest BCUT2D eigenvalue weighted by molar-refractivity contribution is -0.268. The summed E-state index contributed by atoms with van der Waals surface area (Å²) >= 11 is 0. The van der Waals surface area contributed by atoms with E-state index < -0.39 is 5.97 Å². The van der Waals surface area contributed by atoms with E-state index in [1.165, 1.54) is 24.3 Å². The lowest BCUT2D eigenvalue weighted by Gasteiger charge is -2.05. The monoisotopic (exact) mass is 163 g/mol. The summed E-state index contributed by atoms with van der Waals surface area (Å²) in [6.07, 6.45) is 0. The Hall–Kier alpha value is -1.77. The van der Waals surface area contributed by atoms with E-state index in [2.05, 4.69) is 6.58 Å². The van der Waals surface area contributed by atoms with Crippen LogP contribution < -0.4 is 5.11 Å². The number of hydrogen-bond donors (Lipinski definition) is 1. The third-order valence-electron chi connectivity index (χ3n) is 1.46. The SMILES string of the molecule is C=C(C(=O)O)c1ccc([O-])cc1. The van der Waals surface area contributed by atoms with Crippen LogP contribution in [0.3, 0.4) is 0 Å². The van der Waals surface area contributed by atoms with Gasteiger partial charge in [-0.25, -0.2) is 4.79 Å². The van der Waals surface area contributed by atoms with Crippen LogP contribution in [0.1, 0.15) is 5.56 Å². The molecule has 0 saturated carbocycles. The minimum atomic E-state index is -1.08. The van der Waals surface area contributed by atoms with Crippen LogP contribution in [0.5, 0.6) is 5.75 Å². The Morgan fingerprint density at radius 1 is 1.33 bits per heavy atom. The van der Waals surface area contributed by atoms with Crippen molar-refractivity contribution in [3.8, 4) is 5.75 Å². The Morgan fingerprint density at radius 2 is 1.83 bits per heavy atom. The summed E-state index contributed by atoms with van der Waals surface area (Å²) in [6, 6.07) is 5.50. The van der Waals surface area contributed by atoms with Crippen LogP contribution in [-0.4, -0.2) is 11.1 Å². The highest BCUT2D eigenvalue weighted by Gasteiger charge is 2.04. The summed E-state index contributed by atoms with van der Waals surface area (Å²) in [7, 11) is 0. The van der Waals surface area contributed by atoms with Crippen LogP contribution in [0.25, 0.3) is 5.57 Å². The highest BCUT2D eigenvalue weighted by molar-refractivity contribution is 6.14. The summed E-state index contributed by atoms with van der Waals surface area (Å²) in [4.78, 5) is 10.4. The maximum atomic E-state index is 10.6. The molecule has 1 aromatic carbocycles. The standard InChI is InChI=1S/C9H8O3/c1-6(9(11)12)7-2-4-8(10)5-3-7/h2-5,10H,1H2,(H,11,12)/p-1. The van der Waals surface area contributed by atoms with Crippen molar-refractivity contribution in [3.05, 3.63) is 36.4 Å². The van der Waals surface area contributed by atoms with Gasteiger partial charge in [0, 0.05) is 0 Å². The first kappa shape index (κ1) is 8.33. The zero-order valence-corrected chi connectivity index (χ0v) is 6.28. The minimum absolute atomic E-state index is 0.00463. The predicted molar refractivity (Wildman–Crippen MR) is 42.6 cm³/mol. The Kier molecular flexibility index (Phi) is 2.14. The number of aliphatic carboxylic acids is 1. The summed E-state index contributed by atoms with van der Waals surface area (Å²) in [6.45, 7) is 3.35. The number of carboxylic acid groups (broad SMARTS) is 1. The molecule has 0 aliphatic heterocycles. The topological polar surface area (TPSA) is 60.4 Å². The van der Waals surface area contributed by atoms with Gasteiger partial charge in [0.15, 0.2) is 0 Å². The van der Waals surface area contributed by atoms with Crippen LogP contribution in [0, 0.1) is 0 Å². The van der Waals surface area contributed by atoms with Crippen LogP contribution in [0.4, 0.5) is 0 Å². The highest BCUT2D eigenvalue weighted by Crippen LogP contribution is 2.14. The fourth-order valence-electron chi connectivity index (χ4n) is 0.780. The van der Waals surface area contributed by atoms with Crippen molar-refractivity contribution in [3.63, 3.8) is 0 Å². The molecule has 3 heteroatoms. The molecule has 0 aromatic heterocycles.